The third kappa shape index (κ3) is 2.50. The number of nitrogens with one attached hydrogen (secondary N) is 1. The van der Waals surface area contributed by atoms with Crippen LogP contribution >= 0.6 is 11.3 Å². The summed E-state index contributed by atoms with van der Waals surface area (Å²) in [6.07, 6.45) is 7.21. The first-order chi connectivity index (χ1) is 8.76. The molecule has 1 N–H and O–H groups in total. The fourth-order valence-corrected chi connectivity index (χ4v) is 4.85. The van der Waals surface area contributed by atoms with Crippen LogP contribution in [0.4, 0.5) is 0 Å². The third-order valence-corrected chi connectivity index (χ3v) is 6.44. The van der Waals surface area contributed by atoms with Gasteiger partial charge in [-0.05, 0) is 69.0 Å². The lowest BCUT2D eigenvalue weighted by Crippen LogP contribution is -2.28. The van der Waals surface area contributed by atoms with Gasteiger partial charge in [0.1, 0.15) is 0 Å². The highest BCUT2D eigenvalue weighted by Crippen LogP contribution is 2.48. The molecule has 4 unspecified atom stereocenters. The van der Waals surface area contributed by atoms with Gasteiger partial charge in [0.15, 0.2) is 0 Å². The number of aryl methyl sites for hydroxylation is 1. The van der Waals surface area contributed by atoms with E-state index >= 15 is 0 Å². The molecule has 0 aliphatic heterocycles. The fraction of sp³-hybridized carbons (Fsp3) is 0.750. The molecule has 2 heteroatoms. The van der Waals surface area contributed by atoms with E-state index in [4.69, 9.17) is 0 Å². The van der Waals surface area contributed by atoms with Gasteiger partial charge in [0, 0.05) is 15.8 Å². The van der Waals surface area contributed by atoms with Gasteiger partial charge in [-0.2, -0.15) is 0 Å². The standard InChI is InChI=1S/C16H25NS/c1-3-15-6-7-16(18-15)11(2)17-10-14-9-12-4-5-13(14)8-12/h6-7,11-14,17H,3-5,8-10H2,1-2H3. The van der Waals surface area contributed by atoms with Crippen LogP contribution in [0.1, 0.15) is 55.3 Å². The molecule has 0 amide bonds. The first-order valence-electron chi connectivity index (χ1n) is 7.58. The van der Waals surface area contributed by atoms with Crippen LogP contribution < -0.4 is 5.32 Å². The Morgan fingerprint density at radius 3 is 2.83 bits per heavy atom. The van der Waals surface area contributed by atoms with Crippen molar-refractivity contribution in [2.24, 2.45) is 17.8 Å². The number of hydrogen-bond acceptors (Lipinski definition) is 2. The molecule has 100 valence electrons. The number of thiophene rings is 1. The highest BCUT2D eigenvalue weighted by molar-refractivity contribution is 7.12. The molecule has 2 fully saturated rings. The van der Waals surface area contributed by atoms with E-state index in [1.54, 1.807) is 0 Å². The lowest BCUT2D eigenvalue weighted by Gasteiger charge is -2.23. The fourth-order valence-electron chi connectivity index (χ4n) is 3.87. The van der Waals surface area contributed by atoms with Gasteiger partial charge >= 0.3 is 0 Å². The number of hydrogen-bond donors (Lipinski definition) is 1. The molecule has 4 atom stereocenters. The topological polar surface area (TPSA) is 12.0 Å². The summed E-state index contributed by atoms with van der Waals surface area (Å²) in [5.74, 6) is 3.09. The maximum Gasteiger partial charge on any atom is 0.0386 e. The van der Waals surface area contributed by atoms with Crippen LogP contribution in [-0.2, 0) is 6.42 Å². The zero-order valence-corrected chi connectivity index (χ0v) is 12.4. The molecule has 0 spiro atoms. The smallest absolute Gasteiger partial charge is 0.0386 e. The molecule has 2 aliphatic rings. The Hall–Kier alpha value is -0.340. The van der Waals surface area contributed by atoms with Gasteiger partial charge in [0.2, 0.25) is 0 Å². The van der Waals surface area contributed by atoms with Crippen LogP contribution in [0.3, 0.4) is 0 Å². The SMILES string of the molecule is CCc1ccc(C(C)NCC2CC3CCC2C3)s1. The van der Waals surface area contributed by atoms with Crippen molar-refractivity contribution in [3.8, 4) is 0 Å². The first kappa shape index (κ1) is 12.7. The Kier molecular flexibility index (Phi) is 3.76. The summed E-state index contributed by atoms with van der Waals surface area (Å²) < 4.78 is 0. The van der Waals surface area contributed by atoms with Gasteiger partial charge in [0.05, 0.1) is 0 Å². The summed E-state index contributed by atoms with van der Waals surface area (Å²) in [6.45, 7) is 5.79. The van der Waals surface area contributed by atoms with Crippen molar-refractivity contribution in [3.63, 3.8) is 0 Å². The molecule has 18 heavy (non-hydrogen) atoms. The lowest BCUT2D eigenvalue weighted by molar-refractivity contribution is 0.310. The molecular weight excluding hydrogens is 238 g/mol. The second-order valence-corrected chi connectivity index (χ2v) is 7.42. The molecule has 0 radical (unpaired) electrons. The van der Waals surface area contributed by atoms with Crippen LogP contribution in [0, 0.1) is 17.8 Å². The molecule has 0 aromatic carbocycles. The Bertz CT molecular complexity index is 398. The van der Waals surface area contributed by atoms with Crippen molar-refractivity contribution in [2.75, 3.05) is 6.54 Å². The van der Waals surface area contributed by atoms with E-state index in [0.29, 0.717) is 6.04 Å². The van der Waals surface area contributed by atoms with E-state index in [1.165, 1.54) is 48.4 Å². The third-order valence-electron chi connectivity index (χ3n) is 5.03. The van der Waals surface area contributed by atoms with Gasteiger partial charge in [0.25, 0.3) is 0 Å². The normalized spacial score (nSPS) is 32.0. The number of rotatable bonds is 5. The van der Waals surface area contributed by atoms with E-state index in [-0.39, 0.29) is 0 Å². The van der Waals surface area contributed by atoms with Crippen LogP contribution in [0.2, 0.25) is 0 Å². The molecule has 1 aromatic rings. The Labute approximate surface area is 115 Å². The molecule has 1 nitrogen and oxygen atoms in total. The summed E-state index contributed by atoms with van der Waals surface area (Å²) in [7, 11) is 0. The number of fused-ring (bicyclic) bond motifs is 2. The van der Waals surface area contributed by atoms with Gasteiger partial charge < -0.3 is 5.32 Å². The quantitative estimate of drug-likeness (QED) is 0.830. The molecule has 0 saturated heterocycles. The predicted octanol–water partition coefficient (Wildman–Crippen LogP) is 4.40. The second kappa shape index (κ2) is 5.34. The van der Waals surface area contributed by atoms with Gasteiger partial charge in [-0.1, -0.05) is 13.3 Å². The molecular formula is C16H25NS. The summed E-state index contributed by atoms with van der Waals surface area (Å²) in [5.41, 5.74) is 0. The largest absolute Gasteiger partial charge is 0.309 e. The Morgan fingerprint density at radius 1 is 1.33 bits per heavy atom. The van der Waals surface area contributed by atoms with Crippen LogP contribution in [0.25, 0.3) is 0 Å². The minimum absolute atomic E-state index is 0.537. The van der Waals surface area contributed by atoms with Crippen molar-refractivity contribution < 1.29 is 0 Å². The zero-order chi connectivity index (χ0) is 12.5. The van der Waals surface area contributed by atoms with E-state index < -0.39 is 0 Å². The molecule has 2 bridgehead atoms. The van der Waals surface area contributed by atoms with E-state index in [2.05, 4.69) is 31.3 Å². The summed E-state index contributed by atoms with van der Waals surface area (Å²) >= 11 is 1.98. The van der Waals surface area contributed by atoms with Gasteiger partial charge in [-0.15, -0.1) is 11.3 Å². The zero-order valence-electron chi connectivity index (χ0n) is 11.6. The first-order valence-corrected chi connectivity index (χ1v) is 8.40. The van der Waals surface area contributed by atoms with Crippen molar-refractivity contribution >= 4 is 11.3 Å². The van der Waals surface area contributed by atoms with Crippen LogP contribution in [-0.4, -0.2) is 6.54 Å². The average molecular weight is 263 g/mol. The predicted molar refractivity (Wildman–Crippen MR) is 79.1 cm³/mol. The minimum Gasteiger partial charge on any atom is -0.309 e. The average Bonchev–Trinajstić information content (AvgIpc) is 3.10. The van der Waals surface area contributed by atoms with Gasteiger partial charge in [-0.25, -0.2) is 0 Å². The summed E-state index contributed by atoms with van der Waals surface area (Å²) in [5, 5.41) is 3.77. The summed E-state index contributed by atoms with van der Waals surface area (Å²) in [6, 6.07) is 5.13. The highest BCUT2D eigenvalue weighted by atomic mass is 32.1. The van der Waals surface area contributed by atoms with E-state index in [0.717, 1.165) is 17.8 Å². The monoisotopic (exact) mass is 263 g/mol. The molecule has 1 aromatic heterocycles. The second-order valence-electron chi connectivity index (χ2n) is 6.22. The molecule has 1 heterocycles. The van der Waals surface area contributed by atoms with Crippen LogP contribution in [0.5, 0.6) is 0 Å². The molecule has 3 rings (SSSR count). The lowest BCUT2D eigenvalue weighted by atomic mass is 9.89. The van der Waals surface area contributed by atoms with Gasteiger partial charge in [-0.3, -0.25) is 0 Å². The van der Waals surface area contributed by atoms with Crippen molar-refractivity contribution in [2.45, 2.75) is 52.0 Å². The van der Waals surface area contributed by atoms with Crippen LogP contribution in [0.15, 0.2) is 12.1 Å². The van der Waals surface area contributed by atoms with E-state index in [1.807, 2.05) is 11.3 Å². The van der Waals surface area contributed by atoms with E-state index in [9.17, 15) is 0 Å². The maximum absolute atomic E-state index is 3.77. The Balaban J connectivity index is 1.50. The Morgan fingerprint density at radius 2 is 2.22 bits per heavy atom. The van der Waals surface area contributed by atoms with Crippen molar-refractivity contribution in [1.82, 2.24) is 5.32 Å². The van der Waals surface area contributed by atoms with Crippen molar-refractivity contribution in [3.05, 3.63) is 21.9 Å². The van der Waals surface area contributed by atoms with Crippen molar-refractivity contribution in [1.29, 1.82) is 0 Å². The molecule has 2 aliphatic carbocycles. The molecule has 2 saturated carbocycles. The minimum atomic E-state index is 0.537. The highest BCUT2D eigenvalue weighted by Gasteiger charge is 2.39. The maximum atomic E-state index is 3.77. The summed E-state index contributed by atoms with van der Waals surface area (Å²) in [4.78, 5) is 3.02.